The molecular weight excluding hydrogens is 224 g/mol. The summed E-state index contributed by atoms with van der Waals surface area (Å²) in [6.45, 7) is 0.707. The zero-order chi connectivity index (χ0) is 12.3. The van der Waals surface area contributed by atoms with Gasteiger partial charge < -0.3 is 14.7 Å². The predicted molar refractivity (Wildman–Crippen MR) is 57.2 cm³/mol. The number of carbonyl (C=O) groups is 2. The van der Waals surface area contributed by atoms with Gasteiger partial charge in [-0.1, -0.05) is 6.07 Å². The van der Waals surface area contributed by atoms with Crippen LogP contribution in [0.25, 0.3) is 0 Å². The predicted octanol–water partition coefficient (Wildman–Crippen LogP) is 0.877. The van der Waals surface area contributed by atoms with Crippen molar-refractivity contribution in [3.8, 4) is 0 Å². The molecule has 0 aliphatic carbocycles. The second kappa shape index (κ2) is 4.82. The lowest BCUT2D eigenvalue weighted by atomic mass is 10.2. The number of aromatic nitrogens is 1. The van der Waals surface area contributed by atoms with Crippen molar-refractivity contribution < 1.29 is 19.4 Å². The molecule has 1 aromatic rings. The summed E-state index contributed by atoms with van der Waals surface area (Å²) in [5, 5.41) is 8.72. The Morgan fingerprint density at radius 2 is 2.41 bits per heavy atom. The van der Waals surface area contributed by atoms with Gasteiger partial charge in [-0.3, -0.25) is 4.98 Å². The lowest BCUT2D eigenvalue weighted by Gasteiger charge is -2.29. The summed E-state index contributed by atoms with van der Waals surface area (Å²) in [5.74, 6) is -1.10. The number of amides is 1. The lowest BCUT2D eigenvalue weighted by molar-refractivity contribution is -0.149. The van der Waals surface area contributed by atoms with Crippen LogP contribution in [0, 0.1) is 0 Å². The van der Waals surface area contributed by atoms with E-state index in [9.17, 15) is 9.59 Å². The molecule has 1 atom stereocenters. The van der Waals surface area contributed by atoms with E-state index in [1.54, 1.807) is 18.3 Å². The number of nitrogens with zero attached hydrogens (tertiary/aromatic N) is 2. The van der Waals surface area contributed by atoms with Crippen molar-refractivity contribution in [2.24, 2.45) is 0 Å². The molecule has 0 saturated carbocycles. The second-order valence-corrected chi connectivity index (χ2v) is 3.74. The Labute approximate surface area is 97.8 Å². The molecule has 6 nitrogen and oxygen atoms in total. The molecule has 1 unspecified atom stereocenters. The molecule has 0 spiro atoms. The van der Waals surface area contributed by atoms with Gasteiger partial charge in [0.1, 0.15) is 0 Å². The van der Waals surface area contributed by atoms with Gasteiger partial charge >= 0.3 is 12.1 Å². The molecule has 2 rings (SSSR count). The van der Waals surface area contributed by atoms with E-state index in [0.29, 0.717) is 19.5 Å². The smallest absolute Gasteiger partial charge is 0.410 e. The Hall–Kier alpha value is -2.11. The van der Waals surface area contributed by atoms with Crippen molar-refractivity contribution in [1.29, 1.82) is 0 Å². The van der Waals surface area contributed by atoms with Gasteiger partial charge in [0.2, 0.25) is 6.10 Å². The minimum Gasteiger partial charge on any atom is -0.479 e. The van der Waals surface area contributed by atoms with E-state index in [0.717, 1.165) is 5.69 Å². The fourth-order valence-corrected chi connectivity index (χ4v) is 1.62. The van der Waals surface area contributed by atoms with E-state index in [-0.39, 0.29) is 0 Å². The number of carbonyl (C=O) groups excluding carboxylic acids is 1. The third kappa shape index (κ3) is 2.72. The fraction of sp³-hybridized carbons (Fsp3) is 0.364. The van der Waals surface area contributed by atoms with E-state index >= 15 is 0 Å². The fourth-order valence-electron chi connectivity index (χ4n) is 1.62. The molecule has 2 heterocycles. The first-order chi connectivity index (χ1) is 8.16. The summed E-state index contributed by atoms with van der Waals surface area (Å²) in [5.41, 5.74) is 0.748. The van der Waals surface area contributed by atoms with E-state index in [1.807, 2.05) is 6.07 Å². The number of carboxylic acid groups (broad SMARTS) is 1. The van der Waals surface area contributed by atoms with Crippen LogP contribution in [0.5, 0.6) is 0 Å². The van der Waals surface area contributed by atoms with E-state index in [1.165, 1.54) is 4.90 Å². The van der Waals surface area contributed by atoms with Crippen molar-refractivity contribution in [3.63, 3.8) is 0 Å². The number of cyclic esters (lactones) is 1. The van der Waals surface area contributed by atoms with Gasteiger partial charge in [-0.2, -0.15) is 0 Å². The van der Waals surface area contributed by atoms with Gasteiger partial charge in [0.25, 0.3) is 0 Å². The molecule has 1 N–H and O–H groups in total. The maximum absolute atomic E-state index is 11.5. The summed E-state index contributed by atoms with van der Waals surface area (Å²) in [7, 11) is 0. The number of pyridine rings is 1. The molecule has 17 heavy (non-hydrogen) atoms. The van der Waals surface area contributed by atoms with Gasteiger partial charge in [0, 0.05) is 19.2 Å². The molecule has 1 saturated heterocycles. The average molecular weight is 236 g/mol. The third-order valence-corrected chi connectivity index (χ3v) is 2.52. The molecule has 1 aliphatic heterocycles. The van der Waals surface area contributed by atoms with Crippen LogP contribution in [-0.2, 0) is 16.1 Å². The number of rotatable bonds is 3. The first-order valence-electron chi connectivity index (χ1n) is 5.25. The maximum atomic E-state index is 11.5. The highest BCUT2D eigenvalue weighted by Crippen LogP contribution is 2.14. The number of hydrogen-bond donors (Lipinski definition) is 1. The highest BCUT2D eigenvalue weighted by Gasteiger charge is 2.31. The maximum Gasteiger partial charge on any atom is 0.410 e. The molecule has 1 amide bonds. The standard InChI is InChI=1S/C11H12N2O4/c14-10(15)9-4-6-13(11(16)17-9)7-8-3-1-2-5-12-8/h1-3,5,9H,4,6-7H2,(H,14,15). The molecule has 0 aromatic carbocycles. The minimum absolute atomic E-state index is 0.300. The molecule has 1 aromatic heterocycles. The first kappa shape index (κ1) is 11.4. The third-order valence-electron chi connectivity index (χ3n) is 2.52. The van der Waals surface area contributed by atoms with Gasteiger partial charge in [0.15, 0.2) is 0 Å². The largest absolute Gasteiger partial charge is 0.479 e. The summed E-state index contributed by atoms with van der Waals surface area (Å²) < 4.78 is 4.79. The molecule has 6 heteroatoms. The quantitative estimate of drug-likeness (QED) is 0.842. The van der Waals surface area contributed by atoms with E-state index in [2.05, 4.69) is 4.98 Å². The molecule has 1 fully saturated rings. The molecule has 1 aliphatic rings. The average Bonchev–Trinajstić information content (AvgIpc) is 2.33. The van der Waals surface area contributed by atoms with E-state index in [4.69, 9.17) is 9.84 Å². The Morgan fingerprint density at radius 1 is 1.59 bits per heavy atom. The number of carboxylic acids is 1. The van der Waals surface area contributed by atoms with Crippen molar-refractivity contribution >= 4 is 12.1 Å². The minimum atomic E-state index is -1.10. The molecule has 0 radical (unpaired) electrons. The normalized spacial score (nSPS) is 19.9. The monoisotopic (exact) mass is 236 g/mol. The Morgan fingerprint density at radius 3 is 3.00 bits per heavy atom. The lowest BCUT2D eigenvalue weighted by Crippen LogP contribution is -2.44. The van der Waals surface area contributed by atoms with Gasteiger partial charge in [-0.05, 0) is 12.1 Å². The topological polar surface area (TPSA) is 79.7 Å². The number of ether oxygens (including phenoxy) is 1. The van der Waals surface area contributed by atoms with Crippen LogP contribution in [0.4, 0.5) is 4.79 Å². The highest BCUT2D eigenvalue weighted by molar-refractivity contribution is 5.78. The molecule has 0 bridgehead atoms. The summed E-state index contributed by atoms with van der Waals surface area (Å²) in [6.07, 6.45) is 0.315. The highest BCUT2D eigenvalue weighted by atomic mass is 16.6. The van der Waals surface area contributed by atoms with Crippen LogP contribution in [-0.4, -0.2) is 39.7 Å². The van der Waals surface area contributed by atoms with Gasteiger partial charge in [-0.25, -0.2) is 9.59 Å². The Balaban J connectivity index is 1.96. The van der Waals surface area contributed by atoms with Gasteiger partial charge in [0.05, 0.1) is 12.2 Å². The van der Waals surface area contributed by atoms with Crippen LogP contribution in [0.2, 0.25) is 0 Å². The zero-order valence-electron chi connectivity index (χ0n) is 9.07. The van der Waals surface area contributed by atoms with E-state index < -0.39 is 18.2 Å². The van der Waals surface area contributed by atoms with Crippen LogP contribution in [0.1, 0.15) is 12.1 Å². The Bertz CT molecular complexity index is 421. The Kier molecular flexibility index (Phi) is 3.22. The van der Waals surface area contributed by atoms with Gasteiger partial charge in [-0.15, -0.1) is 0 Å². The molecule has 90 valence electrons. The number of hydrogen-bond acceptors (Lipinski definition) is 4. The van der Waals surface area contributed by atoms with Crippen molar-refractivity contribution in [3.05, 3.63) is 30.1 Å². The van der Waals surface area contributed by atoms with Crippen LogP contribution >= 0.6 is 0 Å². The van der Waals surface area contributed by atoms with Crippen LogP contribution in [0.15, 0.2) is 24.4 Å². The first-order valence-corrected chi connectivity index (χ1v) is 5.25. The summed E-state index contributed by atoms with van der Waals surface area (Å²) >= 11 is 0. The van der Waals surface area contributed by atoms with Crippen LogP contribution < -0.4 is 0 Å². The zero-order valence-corrected chi connectivity index (χ0v) is 9.07. The van der Waals surface area contributed by atoms with Crippen LogP contribution in [0.3, 0.4) is 0 Å². The van der Waals surface area contributed by atoms with Crippen molar-refractivity contribution in [2.45, 2.75) is 19.1 Å². The molecular formula is C11H12N2O4. The van der Waals surface area contributed by atoms with Crippen molar-refractivity contribution in [2.75, 3.05) is 6.54 Å². The number of aliphatic carboxylic acids is 1. The van der Waals surface area contributed by atoms with Crippen molar-refractivity contribution in [1.82, 2.24) is 9.88 Å². The summed E-state index contributed by atoms with van der Waals surface area (Å²) in [6, 6.07) is 5.42. The summed E-state index contributed by atoms with van der Waals surface area (Å²) in [4.78, 5) is 27.7. The second-order valence-electron chi connectivity index (χ2n) is 3.74. The SMILES string of the molecule is O=C(O)C1CCN(Cc2ccccn2)C(=O)O1.